The molecule has 0 aliphatic rings. The average Bonchev–Trinajstić information content (AvgIpc) is 3.37. The van der Waals surface area contributed by atoms with Crippen molar-refractivity contribution in [3.63, 3.8) is 0 Å². The Morgan fingerprint density at radius 1 is 0.322 bits per heavy atom. The smallest absolute Gasteiger partial charge is 0.462 e. The van der Waals surface area contributed by atoms with Gasteiger partial charge in [0.05, 0.1) is 26.4 Å². The molecule has 0 fully saturated rings. The zero-order chi connectivity index (χ0) is 66.6. The van der Waals surface area contributed by atoms with Gasteiger partial charge in [-0.15, -0.1) is 0 Å². The highest BCUT2D eigenvalue weighted by Crippen LogP contribution is 2.45. The lowest BCUT2D eigenvalue weighted by Crippen LogP contribution is -2.30. The number of aliphatic hydroxyl groups excluding tert-OH is 1. The first-order valence-corrected chi connectivity index (χ1v) is 39.9. The second kappa shape index (κ2) is 61.9. The maximum absolute atomic E-state index is 13.0. The molecule has 0 aromatic rings. The van der Waals surface area contributed by atoms with E-state index in [1.165, 1.54) is 154 Å². The van der Waals surface area contributed by atoms with Gasteiger partial charge in [0.15, 0.2) is 12.2 Å². The molecule has 0 bridgehead atoms. The summed E-state index contributed by atoms with van der Waals surface area (Å²) in [5.41, 5.74) is 0. The number of hydrogen-bond donors (Lipinski definition) is 3. The van der Waals surface area contributed by atoms with Gasteiger partial charge in [0.2, 0.25) is 0 Å². The maximum Gasteiger partial charge on any atom is 0.472 e. The van der Waals surface area contributed by atoms with Gasteiger partial charge >= 0.3 is 39.5 Å². The van der Waals surface area contributed by atoms with Crippen LogP contribution in [0.25, 0.3) is 0 Å². The number of hydrogen-bond acceptors (Lipinski definition) is 15. The van der Waals surface area contributed by atoms with Crippen LogP contribution >= 0.6 is 15.6 Å². The number of unbranched alkanes of at least 4 members (excludes halogenated alkanes) is 36. The van der Waals surface area contributed by atoms with E-state index in [2.05, 4.69) is 48.5 Å². The molecule has 0 saturated heterocycles. The van der Waals surface area contributed by atoms with Crippen molar-refractivity contribution in [2.24, 2.45) is 17.8 Å². The molecule has 0 aliphatic heterocycles. The molecule has 0 saturated carbocycles. The lowest BCUT2D eigenvalue weighted by molar-refractivity contribution is -0.161. The van der Waals surface area contributed by atoms with E-state index in [9.17, 15) is 43.2 Å². The number of phosphoric ester groups is 2. The van der Waals surface area contributed by atoms with E-state index >= 15 is 0 Å². The fourth-order valence-electron chi connectivity index (χ4n) is 10.7. The number of aliphatic hydroxyl groups is 1. The molecule has 0 rings (SSSR count). The van der Waals surface area contributed by atoms with E-state index < -0.39 is 97.5 Å². The Morgan fingerprint density at radius 3 is 0.844 bits per heavy atom. The van der Waals surface area contributed by atoms with Crippen molar-refractivity contribution in [3.05, 3.63) is 0 Å². The lowest BCUT2D eigenvalue weighted by atomic mass is 9.99. The minimum absolute atomic E-state index is 0.103. The molecule has 6 atom stereocenters. The fraction of sp³-hybridized carbons (Fsp3) is 0.944. The maximum atomic E-state index is 13.0. The summed E-state index contributed by atoms with van der Waals surface area (Å²) >= 11 is 0. The van der Waals surface area contributed by atoms with Crippen LogP contribution in [0.5, 0.6) is 0 Å². The van der Waals surface area contributed by atoms with Crippen LogP contribution < -0.4 is 0 Å². The van der Waals surface area contributed by atoms with Crippen LogP contribution in [-0.2, 0) is 65.4 Å². The van der Waals surface area contributed by atoms with E-state index in [1.54, 1.807) is 0 Å². The molecule has 0 aromatic carbocycles. The Bertz CT molecular complexity index is 1770. The van der Waals surface area contributed by atoms with Crippen molar-refractivity contribution in [2.75, 3.05) is 39.6 Å². The molecular weight excluding hydrogens is 1190 g/mol. The third-order valence-corrected chi connectivity index (χ3v) is 18.6. The van der Waals surface area contributed by atoms with Crippen molar-refractivity contribution in [2.45, 2.75) is 375 Å². The average molecular weight is 1330 g/mol. The lowest BCUT2D eigenvalue weighted by Gasteiger charge is -2.21. The Labute approximate surface area is 549 Å². The highest BCUT2D eigenvalue weighted by molar-refractivity contribution is 7.47. The first-order chi connectivity index (χ1) is 43.3. The van der Waals surface area contributed by atoms with E-state index in [4.69, 9.17) is 37.0 Å². The molecule has 0 spiro atoms. The fourth-order valence-corrected chi connectivity index (χ4v) is 12.3. The number of carbonyl (C=O) groups excluding carboxylic acids is 4. The second-order valence-corrected chi connectivity index (χ2v) is 29.7. The largest absolute Gasteiger partial charge is 0.472 e. The van der Waals surface area contributed by atoms with E-state index in [0.29, 0.717) is 31.6 Å². The van der Waals surface area contributed by atoms with Gasteiger partial charge in [0.25, 0.3) is 0 Å². The SMILES string of the molecule is CCCCCCCCCC(=O)OC[C@H](COP(=O)(O)OC[C@H](O)COP(=O)(O)OC[C@@H](COC(=O)CCCCCCCCCCCCCCC(C)C)OC(=O)CCCCCCCCCCCCCCCCC(C)CC)OC(=O)CCCCCCCCCC(C)C. The van der Waals surface area contributed by atoms with Crippen molar-refractivity contribution in [3.8, 4) is 0 Å². The first-order valence-electron chi connectivity index (χ1n) is 36.9. The van der Waals surface area contributed by atoms with Crippen LogP contribution in [0.3, 0.4) is 0 Å². The number of phosphoric acid groups is 2. The van der Waals surface area contributed by atoms with Crippen molar-refractivity contribution in [1.82, 2.24) is 0 Å². The predicted octanol–water partition coefficient (Wildman–Crippen LogP) is 20.2. The Morgan fingerprint density at radius 2 is 0.567 bits per heavy atom. The zero-order valence-corrected chi connectivity index (χ0v) is 60.4. The molecule has 0 radical (unpaired) electrons. The molecule has 0 amide bonds. The Balaban J connectivity index is 5.20. The van der Waals surface area contributed by atoms with Gasteiger partial charge < -0.3 is 33.8 Å². The van der Waals surface area contributed by atoms with Gasteiger partial charge in [-0.3, -0.25) is 37.3 Å². The second-order valence-electron chi connectivity index (χ2n) is 26.8. The van der Waals surface area contributed by atoms with Crippen molar-refractivity contribution in [1.29, 1.82) is 0 Å². The Hall–Kier alpha value is -1.94. The van der Waals surface area contributed by atoms with Gasteiger partial charge in [0.1, 0.15) is 19.3 Å². The van der Waals surface area contributed by atoms with Gasteiger partial charge in [-0.05, 0) is 43.4 Å². The van der Waals surface area contributed by atoms with Crippen LogP contribution in [0, 0.1) is 17.8 Å². The van der Waals surface area contributed by atoms with Crippen LogP contribution in [0.2, 0.25) is 0 Å². The minimum atomic E-state index is -4.95. The molecule has 19 heteroatoms. The number of ether oxygens (including phenoxy) is 4. The summed E-state index contributed by atoms with van der Waals surface area (Å²) in [7, 11) is -9.90. The first kappa shape index (κ1) is 88.1. The summed E-state index contributed by atoms with van der Waals surface area (Å²) < 4.78 is 68.2. The summed E-state index contributed by atoms with van der Waals surface area (Å²) in [5, 5.41) is 10.6. The molecule has 17 nitrogen and oxygen atoms in total. The third-order valence-electron chi connectivity index (χ3n) is 16.7. The van der Waals surface area contributed by atoms with Crippen molar-refractivity contribution < 1.29 is 80.2 Å². The minimum Gasteiger partial charge on any atom is -0.462 e. The monoisotopic (exact) mass is 1320 g/mol. The van der Waals surface area contributed by atoms with Crippen LogP contribution in [-0.4, -0.2) is 96.7 Å². The molecular formula is C71H138O17P2. The van der Waals surface area contributed by atoms with Crippen LogP contribution in [0.1, 0.15) is 357 Å². The number of rotatable bonds is 69. The summed E-state index contributed by atoms with van der Waals surface area (Å²) in [4.78, 5) is 72.4. The summed E-state index contributed by atoms with van der Waals surface area (Å²) in [6, 6.07) is 0. The summed E-state index contributed by atoms with van der Waals surface area (Å²) in [6.07, 6.45) is 46.0. The van der Waals surface area contributed by atoms with E-state index in [1.807, 2.05) is 0 Å². The van der Waals surface area contributed by atoms with Crippen molar-refractivity contribution >= 4 is 39.5 Å². The van der Waals surface area contributed by atoms with E-state index in [0.717, 1.165) is 115 Å². The summed E-state index contributed by atoms with van der Waals surface area (Å²) in [6.45, 7) is 11.8. The molecule has 3 unspecified atom stereocenters. The molecule has 534 valence electrons. The standard InChI is InChI=1S/C71H138O17P2/c1-8-10-11-12-28-38-45-52-68(73)81-58-66(88-71(76)55-48-41-34-27-30-36-43-50-63(5)6)60-85-89(77,78)83-56-65(72)57-84-90(79,80)86-61-67(59-82-69(74)53-46-39-32-25-21-18-17-19-23-29-35-42-49-62(3)4)87-70(75)54-47-40-33-26-22-16-14-13-15-20-24-31-37-44-51-64(7)9-2/h62-67,72H,8-61H2,1-7H3,(H,77,78)(H,79,80)/t64?,65-,66+,67+/m0/s1. The third kappa shape index (κ3) is 63.5. The number of esters is 4. The molecule has 3 N–H and O–H groups in total. The highest BCUT2D eigenvalue weighted by atomic mass is 31.2. The zero-order valence-electron chi connectivity index (χ0n) is 58.6. The highest BCUT2D eigenvalue weighted by Gasteiger charge is 2.30. The summed E-state index contributed by atoms with van der Waals surface area (Å²) in [5.74, 6) is 0.193. The topological polar surface area (TPSA) is 237 Å². The van der Waals surface area contributed by atoms with Gasteiger partial charge in [-0.1, -0.05) is 305 Å². The van der Waals surface area contributed by atoms with Crippen LogP contribution in [0.15, 0.2) is 0 Å². The quantitative estimate of drug-likeness (QED) is 0.0222. The van der Waals surface area contributed by atoms with E-state index in [-0.39, 0.29) is 25.7 Å². The molecule has 0 aromatic heterocycles. The normalized spacial score (nSPS) is 14.5. The predicted molar refractivity (Wildman–Crippen MR) is 363 cm³/mol. The molecule has 0 heterocycles. The molecule has 0 aliphatic carbocycles. The van der Waals surface area contributed by atoms with Gasteiger partial charge in [0, 0.05) is 25.7 Å². The van der Waals surface area contributed by atoms with Gasteiger partial charge in [-0.25, -0.2) is 9.13 Å². The Kier molecular flexibility index (Phi) is 60.6. The molecule has 90 heavy (non-hydrogen) atoms. The van der Waals surface area contributed by atoms with Crippen LogP contribution in [0.4, 0.5) is 0 Å². The van der Waals surface area contributed by atoms with Gasteiger partial charge in [-0.2, -0.15) is 0 Å². The number of carbonyl (C=O) groups is 4.